The van der Waals surface area contributed by atoms with Gasteiger partial charge in [-0.15, -0.1) is 0 Å². The Balaban J connectivity index is 2.09. The Morgan fingerprint density at radius 1 is 1.35 bits per heavy atom. The molecule has 1 saturated heterocycles. The molecule has 0 atom stereocenters. The van der Waals surface area contributed by atoms with E-state index in [9.17, 15) is 8.78 Å². The van der Waals surface area contributed by atoms with Gasteiger partial charge >= 0.3 is 0 Å². The van der Waals surface area contributed by atoms with Gasteiger partial charge in [0.25, 0.3) is 0 Å². The molecule has 2 aromatic rings. The molecule has 2 heterocycles. The summed E-state index contributed by atoms with van der Waals surface area (Å²) in [5, 5.41) is 0. The summed E-state index contributed by atoms with van der Waals surface area (Å²) in [4.78, 5) is 2.94. The number of benzene rings is 1. The SMILES string of the molecule is CC1(Cn2c(=S)[nH]c3ccc(F)c(F)c32)CCOCC1. The summed E-state index contributed by atoms with van der Waals surface area (Å²) in [6.45, 7) is 4.09. The Labute approximate surface area is 120 Å². The second-order valence-electron chi connectivity index (χ2n) is 5.70. The van der Waals surface area contributed by atoms with E-state index in [-0.39, 0.29) is 10.9 Å². The highest BCUT2D eigenvalue weighted by molar-refractivity contribution is 7.71. The fourth-order valence-corrected chi connectivity index (χ4v) is 3.01. The van der Waals surface area contributed by atoms with Gasteiger partial charge in [-0.05, 0) is 42.6 Å². The molecule has 1 fully saturated rings. The topological polar surface area (TPSA) is 29.9 Å². The van der Waals surface area contributed by atoms with E-state index in [1.54, 1.807) is 4.57 Å². The Hall–Kier alpha value is -1.27. The van der Waals surface area contributed by atoms with Crippen LogP contribution in [0.15, 0.2) is 12.1 Å². The molecule has 1 aliphatic heterocycles. The minimum atomic E-state index is -0.850. The van der Waals surface area contributed by atoms with Crippen LogP contribution in [-0.2, 0) is 11.3 Å². The lowest BCUT2D eigenvalue weighted by atomic mass is 9.82. The number of hydrogen-bond donors (Lipinski definition) is 1. The average Bonchev–Trinajstić information content (AvgIpc) is 2.72. The van der Waals surface area contributed by atoms with Crippen LogP contribution in [0.5, 0.6) is 0 Å². The van der Waals surface area contributed by atoms with Crippen molar-refractivity contribution in [2.45, 2.75) is 26.3 Å². The zero-order valence-electron chi connectivity index (χ0n) is 11.2. The maximum absolute atomic E-state index is 14.1. The Morgan fingerprint density at radius 3 is 2.75 bits per heavy atom. The fraction of sp³-hybridized carbons (Fsp3) is 0.500. The van der Waals surface area contributed by atoms with E-state index in [0.717, 1.165) is 18.9 Å². The zero-order chi connectivity index (χ0) is 14.3. The molecule has 0 bridgehead atoms. The van der Waals surface area contributed by atoms with Gasteiger partial charge in [0, 0.05) is 19.8 Å². The molecular formula is C14H16F2N2OS. The first-order chi connectivity index (χ1) is 9.50. The third-order valence-electron chi connectivity index (χ3n) is 4.07. The van der Waals surface area contributed by atoms with Gasteiger partial charge in [0.1, 0.15) is 5.52 Å². The number of fused-ring (bicyclic) bond motifs is 1. The first-order valence-electron chi connectivity index (χ1n) is 6.64. The first-order valence-corrected chi connectivity index (χ1v) is 7.05. The lowest BCUT2D eigenvalue weighted by Crippen LogP contribution is -2.31. The summed E-state index contributed by atoms with van der Waals surface area (Å²) < 4.78 is 35.0. The second-order valence-corrected chi connectivity index (χ2v) is 6.08. The maximum Gasteiger partial charge on any atom is 0.184 e. The number of nitrogens with zero attached hydrogens (tertiary/aromatic N) is 1. The molecule has 1 N–H and O–H groups in total. The van der Waals surface area contributed by atoms with E-state index >= 15 is 0 Å². The van der Waals surface area contributed by atoms with E-state index in [0.29, 0.717) is 30.0 Å². The summed E-state index contributed by atoms with van der Waals surface area (Å²) in [5.74, 6) is -1.69. The van der Waals surface area contributed by atoms with Gasteiger partial charge in [-0.3, -0.25) is 0 Å². The van der Waals surface area contributed by atoms with Gasteiger partial charge in [0.15, 0.2) is 16.4 Å². The summed E-state index contributed by atoms with van der Waals surface area (Å²) in [7, 11) is 0. The van der Waals surface area contributed by atoms with Gasteiger partial charge in [-0.25, -0.2) is 8.78 Å². The number of imidazole rings is 1. The molecular weight excluding hydrogens is 282 g/mol. The molecule has 3 nitrogen and oxygen atoms in total. The highest BCUT2D eigenvalue weighted by atomic mass is 32.1. The van der Waals surface area contributed by atoms with E-state index in [1.807, 2.05) is 0 Å². The molecule has 6 heteroatoms. The van der Waals surface area contributed by atoms with Crippen LogP contribution < -0.4 is 0 Å². The van der Waals surface area contributed by atoms with Gasteiger partial charge in [-0.2, -0.15) is 0 Å². The minimum absolute atomic E-state index is 0.00957. The summed E-state index contributed by atoms with van der Waals surface area (Å²) in [6.07, 6.45) is 1.77. The van der Waals surface area contributed by atoms with Crippen LogP contribution >= 0.6 is 12.2 Å². The highest BCUT2D eigenvalue weighted by Crippen LogP contribution is 2.33. The van der Waals surface area contributed by atoms with Gasteiger partial charge < -0.3 is 14.3 Å². The number of aromatic amines is 1. The molecule has 20 heavy (non-hydrogen) atoms. The van der Waals surface area contributed by atoms with Crippen molar-refractivity contribution in [2.24, 2.45) is 5.41 Å². The maximum atomic E-state index is 14.1. The number of nitrogens with one attached hydrogen (secondary N) is 1. The molecule has 1 aliphatic rings. The summed E-state index contributed by atoms with van der Waals surface area (Å²) in [6, 6.07) is 2.63. The third kappa shape index (κ3) is 2.27. The summed E-state index contributed by atoms with van der Waals surface area (Å²) >= 11 is 5.26. The van der Waals surface area contributed by atoms with Crippen molar-refractivity contribution in [2.75, 3.05) is 13.2 Å². The molecule has 0 radical (unpaired) electrons. The molecule has 0 saturated carbocycles. The molecule has 0 aliphatic carbocycles. The van der Waals surface area contributed by atoms with E-state index in [2.05, 4.69) is 11.9 Å². The Kier molecular flexibility index (Phi) is 3.38. The number of aromatic nitrogens is 2. The van der Waals surface area contributed by atoms with Crippen molar-refractivity contribution in [3.63, 3.8) is 0 Å². The van der Waals surface area contributed by atoms with Crippen LogP contribution in [0.2, 0.25) is 0 Å². The van der Waals surface area contributed by atoms with Gasteiger partial charge in [-0.1, -0.05) is 6.92 Å². The molecule has 3 rings (SSSR count). The molecule has 0 unspecified atom stereocenters. The highest BCUT2D eigenvalue weighted by Gasteiger charge is 2.29. The number of H-pyrrole nitrogens is 1. The third-order valence-corrected chi connectivity index (χ3v) is 4.39. The largest absolute Gasteiger partial charge is 0.381 e. The van der Waals surface area contributed by atoms with Crippen molar-refractivity contribution in [3.05, 3.63) is 28.5 Å². The number of ether oxygens (including phenoxy) is 1. The Morgan fingerprint density at radius 2 is 2.05 bits per heavy atom. The van der Waals surface area contributed by atoms with E-state index in [4.69, 9.17) is 17.0 Å². The van der Waals surface area contributed by atoms with E-state index < -0.39 is 11.6 Å². The number of rotatable bonds is 2. The van der Waals surface area contributed by atoms with Gasteiger partial charge in [0.05, 0.1) is 5.52 Å². The first kappa shape index (κ1) is 13.7. The minimum Gasteiger partial charge on any atom is -0.381 e. The van der Waals surface area contributed by atoms with Crippen LogP contribution in [0.3, 0.4) is 0 Å². The normalized spacial score (nSPS) is 18.6. The van der Waals surface area contributed by atoms with Crippen molar-refractivity contribution in [1.82, 2.24) is 9.55 Å². The van der Waals surface area contributed by atoms with Crippen molar-refractivity contribution in [1.29, 1.82) is 0 Å². The van der Waals surface area contributed by atoms with Crippen LogP contribution in [0, 0.1) is 21.8 Å². The van der Waals surface area contributed by atoms with Crippen LogP contribution in [0.4, 0.5) is 8.78 Å². The predicted molar refractivity (Wildman–Crippen MR) is 75.2 cm³/mol. The van der Waals surface area contributed by atoms with Crippen molar-refractivity contribution < 1.29 is 13.5 Å². The average molecular weight is 298 g/mol. The number of halogens is 2. The standard InChI is InChI=1S/C14H16F2N2OS/c1-14(4-6-19-7-5-14)8-18-12-10(17-13(18)20)3-2-9(15)11(12)16/h2-3H,4-8H2,1H3,(H,17,20). The molecule has 108 valence electrons. The lowest BCUT2D eigenvalue weighted by molar-refractivity contribution is 0.0158. The predicted octanol–water partition coefficient (Wildman–Crippen LogP) is 3.79. The monoisotopic (exact) mass is 298 g/mol. The van der Waals surface area contributed by atoms with Crippen molar-refractivity contribution >= 4 is 23.3 Å². The zero-order valence-corrected chi connectivity index (χ0v) is 12.0. The quantitative estimate of drug-likeness (QED) is 0.855. The fourth-order valence-electron chi connectivity index (χ4n) is 2.74. The number of hydrogen-bond acceptors (Lipinski definition) is 2. The van der Waals surface area contributed by atoms with Crippen molar-refractivity contribution in [3.8, 4) is 0 Å². The molecule has 0 spiro atoms. The summed E-state index contributed by atoms with van der Waals surface area (Å²) in [5.41, 5.74) is 0.747. The second kappa shape index (κ2) is 4.93. The van der Waals surface area contributed by atoms with Crippen LogP contribution in [-0.4, -0.2) is 22.8 Å². The lowest BCUT2D eigenvalue weighted by Gasteiger charge is -2.33. The van der Waals surface area contributed by atoms with E-state index in [1.165, 1.54) is 6.07 Å². The molecule has 1 aromatic heterocycles. The smallest absolute Gasteiger partial charge is 0.184 e. The van der Waals surface area contributed by atoms with Crippen LogP contribution in [0.1, 0.15) is 19.8 Å². The Bertz CT molecular complexity index is 701. The van der Waals surface area contributed by atoms with Crippen LogP contribution in [0.25, 0.3) is 11.0 Å². The van der Waals surface area contributed by atoms with Gasteiger partial charge in [0.2, 0.25) is 0 Å². The molecule has 1 aromatic carbocycles. The molecule has 0 amide bonds.